The predicted molar refractivity (Wildman–Crippen MR) is 309 cm³/mol. The van der Waals surface area contributed by atoms with Crippen molar-refractivity contribution in [2.75, 3.05) is 90.6 Å². The van der Waals surface area contributed by atoms with Crippen LogP contribution in [0.3, 0.4) is 0 Å². The molecule has 2 aromatic rings. The van der Waals surface area contributed by atoms with E-state index in [2.05, 4.69) is 9.80 Å². The molecule has 4 amide bonds. The van der Waals surface area contributed by atoms with Crippen molar-refractivity contribution in [3.8, 4) is 0 Å². The average molecular weight is 1150 g/mol. The van der Waals surface area contributed by atoms with E-state index in [1.165, 1.54) is 54.7 Å². The Labute approximate surface area is 485 Å². The van der Waals surface area contributed by atoms with E-state index >= 15 is 0 Å². The molecule has 2 aliphatic carbocycles. The first-order valence-corrected chi connectivity index (χ1v) is 29.5. The van der Waals surface area contributed by atoms with Gasteiger partial charge in [-0.25, -0.2) is 19.2 Å². The molecule has 2 heterocycles. The lowest BCUT2D eigenvalue weighted by atomic mass is 10.0. The molecular weight excluding hydrogens is 1050 g/mol. The molecule has 0 N–H and O–H groups in total. The standard InChI is InChI=1S/C62H92N6O14/c1-40(2)33-49(39-69)63(9)56(71)53(37-45-17-21-47(22-18-45)67-25-29-77-30-26-67)80-59(74)51(35-43-13-14-43)64(10)55(70)42(5)79-58(73)50(34-41(3)4)65(11)57(72)54(38-46-19-23-48(24-20-46)68-27-31-78-32-28-68)81-60(75)52(36-44-15-16-44)66(12)61(76)82-62(6,7)8/h17-24,39-44,49-54H,13-16,25-38H2,1-12H3/t42-,49+,50+,51+,52+,53-,54-/m1/s1. The van der Waals surface area contributed by atoms with Crippen LogP contribution in [0.1, 0.15) is 118 Å². The highest BCUT2D eigenvalue weighted by Crippen LogP contribution is 2.37. The van der Waals surface area contributed by atoms with E-state index < -0.39 is 89.8 Å². The van der Waals surface area contributed by atoms with E-state index in [1.807, 2.05) is 76.2 Å². The Hall–Kier alpha value is -6.28. The van der Waals surface area contributed by atoms with E-state index in [9.17, 15) is 38.4 Å². The van der Waals surface area contributed by atoms with Crippen molar-refractivity contribution in [1.29, 1.82) is 0 Å². The summed E-state index contributed by atoms with van der Waals surface area (Å²) in [6, 6.07) is 11.0. The molecule has 0 unspecified atom stereocenters. The molecule has 2 saturated carbocycles. The van der Waals surface area contributed by atoms with Crippen molar-refractivity contribution in [3.05, 3.63) is 59.7 Å². The SMILES string of the molecule is CC(C)C[C@@H](C=O)N(C)C(=O)[C@@H](Cc1ccc(N2CCOCC2)cc1)OC(=O)[C@H](CC1CC1)N(C)C(=O)[C@@H](C)OC(=O)[C@H](CC(C)C)N(C)C(=O)[C@@H](Cc1ccc(N2CCOCC2)cc1)OC(=O)[C@H](CC1CC1)N(C)C(=O)OC(C)(C)C. The number of anilines is 2. The van der Waals surface area contributed by atoms with Crippen molar-refractivity contribution < 1.29 is 66.8 Å². The molecule has 82 heavy (non-hydrogen) atoms. The van der Waals surface area contributed by atoms with Gasteiger partial charge >= 0.3 is 24.0 Å². The number of carbonyl (C=O) groups is 8. The van der Waals surface area contributed by atoms with Gasteiger partial charge in [-0.2, -0.15) is 0 Å². The second-order valence-electron chi connectivity index (χ2n) is 24.7. The minimum absolute atomic E-state index is 0.00229. The van der Waals surface area contributed by atoms with Gasteiger partial charge in [0.2, 0.25) is 0 Å². The number of amides is 4. The number of ether oxygens (including phenoxy) is 6. The molecule has 20 heteroatoms. The number of rotatable bonds is 28. The molecule has 20 nitrogen and oxygen atoms in total. The quantitative estimate of drug-likeness (QED) is 0.0505. The summed E-state index contributed by atoms with van der Waals surface area (Å²) < 4.78 is 35.0. The number of likely N-dealkylation sites (N-methyl/N-ethyl adjacent to an activating group) is 4. The lowest BCUT2D eigenvalue weighted by Crippen LogP contribution is -2.53. The van der Waals surface area contributed by atoms with Gasteiger partial charge < -0.3 is 57.7 Å². The smallest absolute Gasteiger partial charge is 0.410 e. The van der Waals surface area contributed by atoms with Crippen molar-refractivity contribution in [3.63, 3.8) is 0 Å². The zero-order valence-corrected chi connectivity index (χ0v) is 50.7. The van der Waals surface area contributed by atoms with Crippen LogP contribution in [0.5, 0.6) is 0 Å². The Balaban J connectivity index is 1.21. The van der Waals surface area contributed by atoms with Crippen LogP contribution in [0.25, 0.3) is 0 Å². The monoisotopic (exact) mass is 1140 g/mol. The summed E-state index contributed by atoms with van der Waals surface area (Å²) in [4.78, 5) is 122. The largest absolute Gasteiger partial charge is 0.451 e. The van der Waals surface area contributed by atoms with E-state index in [4.69, 9.17) is 28.4 Å². The van der Waals surface area contributed by atoms with E-state index in [-0.39, 0.29) is 49.4 Å². The predicted octanol–water partition coefficient (Wildman–Crippen LogP) is 6.51. The van der Waals surface area contributed by atoms with E-state index in [0.29, 0.717) is 57.9 Å². The van der Waals surface area contributed by atoms with E-state index in [0.717, 1.165) is 62.0 Å². The summed E-state index contributed by atoms with van der Waals surface area (Å²) in [5, 5.41) is 0. The maximum Gasteiger partial charge on any atom is 0.410 e. The maximum atomic E-state index is 15.0. The number of carbonyl (C=O) groups excluding carboxylic acids is 8. The third kappa shape index (κ3) is 19.1. The van der Waals surface area contributed by atoms with Gasteiger partial charge in [0.15, 0.2) is 18.3 Å². The van der Waals surface area contributed by atoms with Crippen molar-refractivity contribution in [2.45, 2.75) is 168 Å². The average Bonchev–Trinajstić information content (AvgIpc) is 4.52. The highest BCUT2D eigenvalue weighted by molar-refractivity contribution is 5.93. The highest BCUT2D eigenvalue weighted by atomic mass is 16.6. The van der Waals surface area contributed by atoms with Gasteiger partial charge in [-0.15, -0.1) is 0 Å². The summed E-state index contributed by atoms with van der Waals surface area (Å²) in [6.45, 7) is 19.5. The Morgan fingerprint density at radius 2 is 0.939 bits per heavy atom. The molecule has 4 fully saturated rings. The van der Waals surface area contributed by atoms with Gasteiger partial charge in [-0.05, 0) is 112 Å². The third-order valence-corrected chi connectivity index (χ3v) is 15.7. The number of esters is 3. The van der Waals surface area contributed by atoms with Gasteiger partial charge in [0, 0.05) is 78.6 Å². The summed E-state index contributed by atoms with van der Waals surface area (Å²) >= 11 is 0. The summed E-state index contributed by atoms with van der Waals surface area (Å²) in [5.41, 5.74) is 2.51. The van der Waals surface area contributed by atoms with Crippen LogP contribution < -0.4 is 9.80 Å². The van der Waals surface area contributed by atoms with Crippen LogP contribution in [0, 0.1) is 23.7 Å². The first kappa shape index (κ1) is 64.9. The lowest BCUT2D eigenvalue weighted by Gasteiger charge is -2.34. The summed E-state index contributed by atoms with van der Waals surface area (Å²) in [6.07, 6.45) is 0.136. The van der Waals surface area contributed by atoms with Crippen LogP contribution in [0.15, 0.2) is 48.5 Å². The maximum absolute atomic E-state index is 15.0. The fraction of sp³-hybridized carbons (Fsp3) is 0.677. The topological polar surface area (TPSA) is 211 Å². The Morgan fingerprint density at radius 1 is 0.549 bits per heavy atom. The lowest BCUT2D eigenvalue weighted by molar-refractivity contribution is -0.173. The third-order valence-electron chi connectivity index (χ3n) is 15.7. The molecule has 0 radical (unpaired) electrons. The zero-order chi connectivity index (χ0) is 60.0. The minimum atomic E-state index is -1.45. The Kier molecular flexibility index (Phi) is 23.6. The molecule has 2 aliphatic heterocycles. The summed E-state index contributed by atoms with van der Waals surface area (Å²) in [5.74, 6) is -4.29. The fourth-order valence-corrected chi connectivity index (χ4v) is 10.3. The molecule has 2 saturated heterocycles. The number of aldehydes is 1. The first-order chi connectivity index (χ1) is 38.8. The molecule has 2 aromatic carbocycles. The van der Waals surface area contributed by atoms with Crippen LogP contribution in [-0.4, -0.2) is 196 Å². The number of nitrogens with zero attached hydrogens (tertiary/aromatic N) is 6. The Bertz CT molecular complexity index is 2460. The van der Waals surface area contributed by atoms with Crippen LogP contribution in [-0.2, 0) is 74.8 Å². The number of benzene rings is 2. The second kappa shape index (κ2) is 29.8. The molecular formula is C62H92N6O14. The number of hydrogen-bond acceptors (Lipinski definition) is 16. The number of hydrogen-bond donors (Lipinski definition) is 0. The van der Waals surface area contributed by atoms with Gasteiger partial charge in [-0.1, -0.05) is 77.6 Å². The van der Waals surface area contributed by atoms with Gasteiger partial charge in [0.25, 0.3) is 17.7 Å². The fourth-order valence-electron chi connectivity index (χ4n) is 10.3. The second-order valence-corrected chi connectivity index (χ2v) is 24.7. The first-order valence-electron chi connectivity index (χ1n) is 29.5. The minimum Gasteiger partial charge on any atom is -0.451 e. The zero-order valence-electron chi connectivity index (χ0n) is 50.7. The Morgan fingerprint density at radius 3 is 1.33 bits per heavy atom. The normalized spacial score (nSPS) is 18.2. The van der Waals surface area contributed by atoms with Gasteiger partial charge in [0.1, 0.15) is 30.0 Å². The van der Waals surface area contributed by atoms with Gasteiger partial charge in [0.05, 0.1) is 32.5 Å². The molecule has 4 aliphatic rings. The molecule has 454 valence electrons. The van der Waals surface area contributed by atoms with Crippen molar-refractivity contribution >= 4 is 59.4 Å². The molecule has 6 rings (SSSR count). The van der Waals surface area contributed by atoms with Gasteiger partial charge in [-0.3, -0.25) is 19.3 Å². The molecule has 7 atom stereocenters. The van der Waals surface area contributed by atoms with Crippen LogP contribution >= 0.6 is 0 Å². The van der Waals surface area contributed by atoms with Crippen molar-refractivity contribution in [2.24, 2.45) is 23.7 Å². The number of morpholine rings is 2. The molecule has 0 spiro atoms. The summed E-state index contributed by atoms with van der Waals surface area (Å²) in [7, 11) is 5.87. The molecule has 0 bridgehead atoms. The van der Waals surface area contributed by atoms with E-state index in [1.54, 1.807) is 20.8 Å². The molecule has 0 aromatic heterocycles. The van der Waals surface area contributed by atoms with Crippen molar-refractivity contribution in [1.82, 2.24) is 19.6 Å². The van der Waals surface area contributed by atoms with Crippen LogP contribution in [0.2, 0.25) is 0 Å². The van der Waals surface area contributed by atoms with Crippen LogP contribution in [0.4, 0.5) is 16.2 Å². The highest BCUT2D eigenvalue weighted by Gasteiger charge is 2.43.